The Labute approximate surface area is 70.3 Å². The van der Waals surface area contributed by atoms with Crippen molar-refractivity contribution in [1.29, 1.82) is 0 Å². The van der Waals surface area contributed by atoms with Crippen LogP contribution in [0.2, 0.25) is 0 Å². The summed E-state index contributed by atoms with van der Waals surface area (Å²) in [6.07, 6.45) is 0. The molecule has 0 aromatic carbocycles. The first-order valence-electron chi connectivity index (χ1n) is 3.94. The van der Waals surface area contributed by atoms with Crippen LogP contribution in [0, 0.1) is 11.8 Å². The molecule has 1 nitrogen and oxygen atoms in total. The van der Waals surface area contributed by atoms with Crippen LogP contribution in [0.15, 0.2) is 0 Å². The van der Waals surface area contributed by atoms with E-state index in [1.54, 1.807) is 0 Å². The van der Waals surface area contributed by atoms with Gasteiger partial charge in [-0.15, -0.1) is 0 Å². The van der Waals surface area contributed by atoms with Crippen molar-refractivity contribution in [2.45, 2.75) is 27.7 Å². The molecule has 0 saturated heterocycles. The first-order valence-corrected chi connectivity index (χ1v) is 4.31. The Hall–Kier alpha value is 0.310. The van der Waals surface area contributed by atoms with Gasteiger partial charge in [0.05, 0.1) is 0 Å². The van der Waals surface area contributed by atoms with E-state index in [1.165, 1.54) is 0 Å². The molecule has 0 aliphatic heterocycles. The van der Waals surface area contributed by atoms with Crippen LogP contribution in [0.3, 0.4) is 0 Å². The molecule has 61 valence electrons. The molecule has 0 fully saturated rings. The van der Waals surface area contributed by atoms with Gasteiger partial charge in [0.2, 0.25) is 0 Å². The maximum atomic E-state index is 5.12. The van der Waals surface area contributed by atoms with Gasteiger partial charge in [-0.2, -0.15) is 0 Å². The topological polar surface area (TPSA) is 3.24 Å². The average Bonchev–Trinajstić information content (AvgIpc) is 1.58. The predicted octanol–water partition coefficient (Wildman–Crippen LogP) is 2.71. The van der Waals surface area contributed by atoms with Gasteiger partial charge >= 0.3 is 0 Å². The second kappa shape index (κ2) is 5.03. The molecule has 2 heteroatoms. The van der Waals surface area contributed by atoms with Crippen molar-refractivity contribution < 1.29 is 0 Å². The number of hydrogen-bond acceptors (Lipinski definition) is 1. The fourth-order valence-corrected chi connectivity index (χ4v) is 1.49. The first-order chi connectivity index (χ1) is 4.52. The molecule has 0 unspecified atom stereocenters. The minimum Gasteiger partial charge on any atom is -0.240 e. The number of nitrogens with zero attached hydrogens (tertiary/aromatic N) is 1. The van der Waals surface area contributed by atoms with Crippen molar-refractivity contribution >= 4 is 12.8 Å². The molecule has 0 atom stereocenters. The molecule has 0 bridgehead atoms. The Morgan fingerprint density at radius 2 is 1.30 bits per heavy atom. The van der Waals surface area contributed by atoms with Gasteiger partial charge in [0.1, 0.15) is 0 Å². The summed E-state index contributed by atoms with van der Waals surface area (Å²) in [6.45, 7) is 10.8. The van der Waals surface area contributed by atoms with Crippen molar-refractivity contribution in [3.63, 3.8) is 0 Å². The van der Waals surface area contributed by atoms with E-state index in [4.69, 9.17) is 12.8 Å². The standard InChI is InChI=1S/C8H18NS/c1-7(2)5-9(10)6-8(3)4/h7-8H,5-6H2,1-4H3. The van der Waals surface area contributed by atoms with E-state index in [9.17, 15) is 0 Å². The van der Waals surface area contributed by atoms with Gasteiger partial charge in [-0.3, -0.25) is 0 Å². The van der Waals surface area contributed by atoms with E-state index in [2.05, 4.69) is 27.7 Å². The molecule has 1 radical (unpaired) electrons. The van der Waals surface area contributed by atoms with Gasteiger partial charge in [0.15, 0.2) is 0 Å². The zero-order chi connectivity index (χ0) is 8.15. The molecule has 0 rings (SSSR count). The van der Waals surface area contributed by atoms with Gasteiger partial charge in [0.25, 0.3) is 0 Å². The molecular weight excluding hydrogens is 142 g/mol. The zero-order valence-electron chi connectivity index (χ0n) is 7.42. The molecular formula is C8H18NS. The average molecular weight is 160 g/mol. The van der Waals surface area contributed by atoms with Gasteiger partial charge in [-0.05, 0) is 11.8 Å². The molecule has 0 aliphatic carbocycles. The van der Waals surface area contributed by atoms with Crippen molar-refractivity contribution in [1.82, 2.24) is 4.31 Å². The lowest BCUT2D eigenvalue weighted by molar-refractivity contribution is 0.368. The molecule has 0 saturated carbocycles. The normalized spacial score (nSPS) is 12.0. The van der Waals surface area contributed by atoms with Crippen molar-refractivity contribution in [2.24, 2.45) is 11.8 Å². The van der Waals surface area contributed by atoms with E-state index in [1.807, 2.05) is 4.31 Å². The summed E-state index contributed by atoms with van der Waals surface area (Å²) in [5.74, 6) is 1.38. The summed E-state index contributed by atoms with van der Waals surface area (Å²) in [5, 5.41) is 0. The minimum atomic E-state index is 0.691. The highest BCUT2D eigenvalue weighted by Gasteiger charge is 2.04. The number of hydrogen-bond donors (Lipinski definition) is 0. The quantitative estimate of drug-likeness (QED) is 0.611. The Morgan fingerprint density at radius 1 is 1.00 bits per heavy atom. The third-order valence-corrected chi connectivity index (χ3v) is 1.44. The second-order valence-corrected chi connectivity index (χ2v) is 4.15. The molecule has 0 heterocycles. The van der Waals surface area contributed by atoms with Crippen LogP contribution in [0.1, 0.15) is 27.7 Å². The molecule has 0 aromatic rings. The van der Waals surface area contributed by atoms with Crippen molar-refractivity contribution in [3.05, 3.63) is 0 Å². The predicted molar refractivity (Wildman–Crippen MR) is 48.8 cm³/mol. The van der Waals surface area contributed by atoms with Crippen LogP contribution in [-0.4, -0.2) is 17.4 Å². The summed E-state index contributed by atoms with van der Waals surface area (Å²) in [5.41, 5.74) is 0. The number of rotatable bonds is 4. The van der Waals surface area contributed by atoms with Crippen molar-refractivity contribution in [2.75, 3.05) is 13.1 Å². The summed E-state index contributed by atoms with van der Waals surface area (Å²) < 4.78 is 1.98. The third-order valence-electron chi connectivity index (χ3n) is 1.14. The largest absolute Gasteiger partial charge is 0.240 e. The van der Waals surface area contributed by atoms with Gasteiger partial charge in [0, 0.05) is 25.9 Å². The fraction of sp³-hybridized carbons (Fsp3) is 1.00. The smallest absolute Gasteiger partial charge is 0.0121 e. The summed E-state index contributed by atoms with van der Waals surface area (Å²) >= 11 is 5.12. The Bertz CT molecular complexity index is 71.3. The molecule has 0 amide bonds. The van der Waals surface area contributed by atoms with Gasteiger partial charge < -0.3 is 0 Å². The van der Waals surface area contributed by atoms with Crippen LogP contribution in [0.5, 0.6) is 0 Å². The highest BCUT2D eigenvalue weighted by molar-refractivity contribution is 7.77. The van der Waals surface area contributed by atoms with Crippen LogP contribution < -0.4 is 0 Å². The van der Waals surface area contributed by atoms with E-state index >= 15 is 0 Å². The minimum absolute atomic E-state index is 0.691. The monoisotopic (exact) mass is 160 g/mol. The second-order valence-electron chi connectivity index (χ2n) is 3.63. The van der Waals surface area contributed by atoms with Gasteiger partial charge in [-0.1, -0.05) is 27.7 Å². The van der Waals surface area contributed by atoms with E-state index in [0.717, 1.165) is 13.1 Å². The maximum Gasteiger partial charge on any atom is 0.0121 e. The van der Waals surface area contributed by atoms with Crippen molar-refractivity contribution in [3.8, 4) is 0 Å². The zero-order valence-corrected chi connectivity index (χ0v) is 8.24. The van der Waals surface area contributed by atoms with Crippen LogP contribution in [0.4, 0.5) is 0 Å². The molecule has 0 aliphatic rings. The Morgan fingerprint density at radius 3 is 1.50 bits per heavy atom. The lowest BCUT2D eigenvalue weighted by Gasteiger charge is -2.17. The van der Waals surface area contributed by atoms with E-state index in [0.29, 0.717) is 11.8 Å². The lowest BCUT2D eigenvalue weighted by Crippen LogP contribution is -2.22. The molecule has 10 heavy (non-hydrogen) atoms. The highest BCUT2D eigenvalue weighted by atomic mass is 32.1. The van der Waals surface area contributed by atoms with E-state index in [-0.39, 0.29) is 0 Å². The van der Waals surface area contributed by atoms with Crippen LogP contribution >= 0.6 is 12.8 Å². The fourth-order valence-electron chi connectivity index (χ4n) is 0.889. The highest BCUT2D eigenvalue weighted by Crippen LogP contribution is 2.04. The van der Waals surface area contributed by atoms with Crippen LogP contribution in [0.25, 0.3) is 0 Å². The molecule has 0 spiro atoms. The van der Waals surface area contributed by atoms with E-state index < -0.39 is 0 Å². The summed E-state index contributed by atoms with van der Waals surface area (Å²) in [7, 11) is 0. The Balaban J connectivity index is 3.34. The lowest BCUT2D eigenvalue weighted by atomic mass is 10.2. The Kier molecular flexibility index (Phi) is 5.18. The summed E-state index contributed by atoms with van der Waals surface area (Å²) in [6, 6.07) is 0. The van der Waals surface area contributed by atoms with Crippen LogP contribution in [-0.2, 0) is 0 Å². The first kappa shape index (κ1) is 10.3. The third kappa shape index (κ3) is 6.43. The molecule has 0 aromatic heterocycles. The SMILES string of the molecule is CC(C)CN([S])CC(C)C. The molecule has 0 N–H and O–H groups in total. The summed E-state index contributed by atoms with van der Waals surface area (Å²) in [4.78, 5) is 0. The van der Waals surface area contributed by atoms with Gasteiger partial charge in [-0.25, -0.2) is 4.31 Å². The maximum absolute atomic E-state index is 5.12.